The van der Waals surface area contributed by atoms with Gasteiger partial charge in [-0.15, -0.1) is 11.6 Å². The van der Waals surface area contributed by atoms with Crippen LogP contribution in [0.25, 0.3) is 0 Å². The summed E-state index contributed by atoms with van der Waals surface area (Å²) < 4.78 is 30.5. The first kappa shape index (κ1) is 24.4. The van der Waals surface area contributed by atoms with Crippen LogP contribution >= 0.6 is 11.6 Å². The maximum absolute atomic E-state index is 10.8. The normalized spacial score (nSPS) is 42.0. The monoisotopic (exact) mass is 470 g/mol. The van der Waals surface area contributed by atoms with Crippen LogP contribution < -0.4 is 0 Å². The van der Waals surface area contributed by atoms with E-state index in [1.54, 1.807) is 7.11 Å². The van der Waals surface area contributed by atoms with Gasteiger partial charge in [-0.1, -0.05) is 37.3 Å². The van der Waals surface area contributed by atoms with E-state index in [1.807, 2.05) is 30.3 Å². The Morgan fingerprint density at radius 3 is 2.66 bits per heavy atom. The first-order valence-corrected chi connectivity index (χ1v) is 12.0. The lowest BCUT2D eigenvalue weighted by atomic mass is 9.83. The van der Waals surface area contributed by atoms with E-state index >= 15 is 0 Å². The summed E-state index contributed by atoms with van der Waals surface area (Å²) in [4.78, 5) is 0. The van der Waals surface area contributed by atoms with Crippen molar-refractivity contribution in [2.45, 2.75) is 87.0 Å². The Kier molecular flexibility index (Phi) is 7.79. The van der Waals surface area contributed by atoms with E-state index in [4.69, 9.17) is 35.3 Å². The average Bonchev–Trinajstić information content (AvgIpc) is 3.11. The summed E-state index contributed by atoms with van der Waals surface area (Å²) in [5, 5.41) is 20.1. The molecule has 2 spiro atoms. The first-order chi connectivity index (χ1) is 15.4. The topological polar surface area (TPSA) is 86.6 Å². The number of hydrogen-bond donors (Lipinski definition) is 2. The van der Waals surface area contributed by atoms with Gasteiger partial charge in [0.2, 0.25) is 0 Å². The van der Waals surface area contributed by atoms with E-state index in [9.17, 15) is 10.2 Å². The molecule has 0 aliphatic carbocycles. The molecule has 0 radical (unpaired) electrons. The fourth-order valence-electron chi connectivity index (χ4n) is 5.15. The predicted molar refractivity (Wildman–Crippen MR) is 118 cm³/mol. The Labute approximate surface area is 194 Å². The van der Waals surface area contributed by atoms with Crippen molar-refractivity contribution in [1.29, 1.82) is 0 Å². The lowest BCUT2D eigenvalue weighted by molar-refractivity contribution is -0.414. The minimum Gasteiger partial charge on any atom is -0.394 e. The zero-order valence-corrected chi connectivity index (χ0v) is 19.6. The molecule has 3 fully saturated rings. The molecule has 2 N–H and O–H groups in total. The molecule has 8 heteroatoms. The molecule has 8 atom stereocenters. The number of ether oxygens (including phenoxy) is 5. The van der Waals surface area contributed by atoms with Crippen LogP contribution in [-0.2, 0) is 30.3 Å². The maximum atomic E-state index is 10.8. The third-order valence-electron chi connectivity index (χ3n) is 7.07. The van der Waals surface area contributed by atoms with Crippen LogP contribution in [0.2, 0.25) is 0 Å². The highest BCUT2D eigenvalue weighted by Crippen LogP contribution is 2.52. The number of alkyl halides is 1. The van der Waals surface area contributed by atoms with Gasteiger partial charge in [0.25, 0.3) is 0 Å². The van der Waals surface area contributed by atoms with Crippen molar-refractivity contribution in [3.05, 3.63) is 35.9 Å². The third-order valence-corrected chi connectivity index (χ3v) is 7.63. The second-order valence-electron chi connectivity index (χ2n) is 9.28. The zero-order valence-electron chi connectivity index (χ0n) is 18.8. The van der Waals surface area contributed by atoms with E-state index in [0.29, 0.717) is 38.9 Å². The second-order valence-corrected chi connectivity index (χ2v) is 9.78. The van der Waals surface area contributed by atoms with Crippen molar-refractivity contribution in [2.75, 3.05) is 20.3 Å². The lowest BCUT2D eigenvalue weighted by Gasteiger charge is -2.53. The van der Waals surface area contributed by atoms with Crippen molar-refractivity contribution in [2.24, 2.45) is 5.92 Å². The molecular weight excluding hydrogens is 436 g/mol. The van der Waals surface area contributed by atoms with Gasteiger partial charge in [-0.2, -0.15) is 0 Å². The Morgan fingerprint density at radius 1 is 1.16 bits per heavy atom. The fourth-order valence-corrected chi connectivity index (χ4v) is 5.48. The molecule has 4 rings (SSSR count). The third kappa shape index (κ3) is 5.00. The van der Waals surface area contributed by atoms with Crippen molar-refractivity contribution < 1.29 is 33.9 Å². The SMILES string of the molecule is CO[C@@H]1C[C@]2(CC[C@H](C)[C@@]3(C[C@H](O)[C@H](CCOCc4ccccc4)O3)O2)O[C@H](CO)[C@H]1Cl. The van der Waals surface area contributed by atoms with E-state index in [0.717, 1.165) is 12.0 Å². The number of methoxy groups -OCH3 is 1. The predicted octanol–water partition coefficient (Wildman–Crippen LogP) is 2.99. The number of halogens is 1. The van der Waals surface area contributed by atoms with Gasteiger partial charge in [0.05, 0.1) is 36.9 Å². The fraction of sp³-hybridized carbons (Fsp3) is 0.750. The quantitative estimate of drug-likeness (QED) is 0.468. The molecule has 3 aliphatic rings. The van der Waals surface area contributed by atoms with Crippen molar-refractivity contribution >= 4 is 11.6 Å². The highest BCUT2D eigenvalue weighted by Gasteiger charge is 2.60. The highest BCUT2D eigenvalue weighted by atomic mass is 35.5. The van der Waals surface area contributed by atoms with Gasteiger partial charge in [0.15, 0.2) is 11.6 Å². The summed E-state index contributed by atoms with van der Waals surface area (Å²) in [6.07, 6.45) is 0.941. The van der Waals surface area contributed by atoms with E-state index in [2.05, 4.69) is 6.92 Å². The smallest absolute Gasteiger partial charge is 0.177 e. The summed E-state index contributed by atoms with van der Waals surface area (Å²) in [6.45, 7) is 2.87. The molecule has 1 aromatic rings. The van der Waals surface area contributed by atoms with Crippen LogP contribution in [0.4, 0.5) is 0 Å². The maximum Gasteiger partial charge on any atom is 0.177 e. The molecule has 1 aromatic carbocycles. The minimum absolute atomic E-state index is 0.0870. The molecule has 7 nitrogen and oxygen atoms in total. The van der Waals surface area contributed by atoms with E-state index in [-0.39, 0.29) is 24.7 Å². The molecule has 0 amide bonds. The average molecular weight is 471 g/mol. The summed E-state index contributed by atoms with van der Waals surface area (Å²) in [5.74, 6) is -1.81. The van der Waals surface area contributed by atoms with Crippen LogP contribution in [0, 0.1) is 5.92 Å². The zero-order chi connectivity index (χ0) is 22.8. The van der Waals surface area contributed by atoms with Crippen molar-refractivity contribution in [3.63, 3.8) is 0 Å². The highest BCUT2D eigenvalue weighted by molar-refractivity contribution is 6.21. The van der Waals surface area contributed by atoms with Gasteiger partial charge in [-0.05, 0) is 18.4 Å². The molecule has 0 saturated carbocycles. The van der Waals surface area contributed by atoms with Gasteiger partial charge in [-0.3, -0.25) is 0 Å². The summed E-state index contributed by atoms with van der Waals surface area (Å²) >= 11 is 6.44. The van der Waals surface area contributed by atoms with Crippen molar-refractivity contribution in [3.8, 4) is 0 Å². The molecule has 3 saturated heterocycles. The number of aliphatic hydroxyl groups excluding tert-OH is 2. The summed E-state index contributed by atoms with van der Waals surface area (Å²) in [6, 6.07) is 9.99. The molecule has 32 heavy (non-hydrogen) atoms. The summed E-state index contributed by atoms with van der Waals surface area (Å²) in [5.41, 5.74) is 1.11. The van der Waals surface area contributed by atoms with Gasteiger partial charge >= 0.3 is 0 Å². The van der Waals surface area contributed by atoms with Crippen molar-refractivity contribution in [1.82, 2.24) is 0 Å². The van der Waals surface area contributed by atoms with Gasteiger partial charge in [0.1, 0.15) is 6.10 Å². The van der Waals surface area contributed by atoms with Crippen LogP contribution in [0.15, 0.2) is 30.3 Å². The molecule has 3 heterocycles. The van der Waals surface area contributed by atoms with Crippen LogP contribution in [0.3, 0.4) is 0 Å². The molecule has 0 aromatic heterocycles. The van der Waals surface area contributed by atoms with Crippen LogP contribution in [-0.4, -0.2) is 71.9 Å². The van der Waals surface area contributed by atoms with E-state index in [1.165, 1.54) is 0 Å². The number of aliphatic hydroxyl groups is 2. The van der Waals surface area contributed by atoms with E-state index < -0.39 is 29.2 Å². The van der Waals surface area contributed by atoms with Gasteiger partial charge in [0, 0.05) is 38.9 Å². The Morgan fingerprint density at radius 2 is 1.94 bits per heavy atom. The Balaban J connectivity index is 1.39. The number of rotatable bonds is 7. The standard InChI is InChI=1S/C24H35ClO7/c1-16-8-10-23(13-20(28-2)22(25)21(14-26)30-23)32-24(16)12-18(27)19(31-24)9-11-29-15-17-6-4-3-5-7-17/h3-7,16,18-22,26-27H,8-15H2,1-2H3/t16-,18-,19-,20+,21+,22-,23+,24+/m0/s1. The van der Waals surface area contributed by atoms with Crippen LogP contribution in [0.5, 0.6) is 0 Å². The first-order valence-electron chi connectivity index (χ1n) is 11.5. The Bertz CT molecular complexity index is 720. The molecule has 0 bridgehead atoms. The molecule has 3 aliphatic heterocycles. The van der Waals surface area contributed by atoms with Gasteiger partial charge in [-0.25, -0.2) is 0 Å². The Hall–Kier alpha value is -0.770. The van der Waals surface area contributed by atoms with Crippen LogP contribution in [0.1, 0.15) is 44.6 Å². The molecular formula is C24H35ClO7. The second kappa shape index (κ2) is 10.2. The number of benzene rings is 1. The molecule has 180 valence electrons. The summed E-state index contributed by atoms with van der Waals surface area (Å²) in [7, 11) is 1.61. The largest absolute Gasteiger partial charge is 0.394 e. The lowest BCUT2D eigenvalue weighted by Crippen LogP contribution is -2.62. The van der Waals surface area contributed by atoms with Gasteiger partial charge < -0.3 is 33.9 Å². The minimum atomic E-state index is -0.954. The number of hydrogen-bond acceptors (Lipinski definition) is 7. The molecule has 0 unspecified atom stereocenters.